The lowest BCUT2D eigenvalue weighted by atomic mass is 10.2. The molecule has 0 radical (unpaired) electrons. The van der Waals surface area contributed by atoms with Gasteiger partial charge in [-0.25, -0.2) is 0 Å². The number of hydrogen-bond donors (Lipinski definition) is 0. The first-order valence-corrected chi connectivity index (χ1v) is 4.05. The first-order valence-electron chi connectivity index (χ1n) is 4.05. The molecule has 0 aliphatic heterocycles. The topological polar surface area (TPSA) is 116 Å². The summed E-state index contributed by atoms with van der Waals surface area (Å²) in [7, 11) is 0. The molecule has 0 fully saturated rings. The van der Waals surface area contributed by atoms with Crippen molar-refractivity contribution in [1.82, 2.24) is 0 Å². The third-order valence-electron chi connectivity index (χ3n) is 1.63. The molecule has 0 bridgehead atoms. The number of hydrogen-bond acceptors (Lipinski definition) is 6. The zero-order valence-corrected chi connectivity index (χ0v) is 7.87. The highest BCUT2D eigenvalue weighted by Crippen LogP contribution is 2.27. The number of nitro benzene ring substituents is 1. The molecule has 1 aromatic rings. The van der Waals surface area contributed by atoms with Gasteiger partial charge in [-0.3, -0.25) is 10.1 Å². The summed E-state index contributed by atoms with van der Waals surface area (Å²) in [6.07, 6.45) is 0. The van der Waals surface area contributed by atoms with Gasteiger partial charge in [-0.2, -0.15) is 5.26 Å². The van der Waals surface area contributed by atoms with Crippen LogP contribution in [0.4, 0.5) is 5.69 Å². The van der Waals surface area contributed by atoms with Crippen LogP contribution in [0, 0.1) is 21.4 Å². The molecule has 1 rings (SSSR count). The average molecular weight is 221 g/mol. The Bertz CT molecular complexity index is 477. The lowest BCUT2D eigenvalue weighted by molar-refractivity contribution is -0.386. The summed E-state index contributed by atoms with van der Waals surface area (Å²) in [6.45, 7) is -0.785. The van der Waals surface area contributed by atoms with Gasteiger partial charge in [0.1, 0.15) is 6.61 Å². The Hall–Kier alpha value is -2.62. The number of ether oxygens (including phenoxy) is 1. The molecule has 0 saturated carbocycles. The number of rotatable bonds is 4. The van der Waals surface area contributed by atoms with Gasteiger partial charge in [-0.05, 0) is 12.1 Å². The van der Waals surface area contributed by atoms with Crippen LogP contribution >= 0.6 is 0 Å². The van der Waals surface area contributed by atoms with E-state index in [0.29, 0.717) is 0 Å². The monoisotopic (exact) mass is 221 g/mol. The number of carboxylic acid groups (broad SMARTS) is 1. The Morgan fingerprint density at radius 3 is 2.75 bits per heavy atom. The number of nitriles is 1. The van der Waals surface area contributed by atoms with Crippen LogP contribution in [0.5, 0.6) is 5.75 Å². The molecular weight excluding hydrogens is 216 g/mol. The lowest BCUT2D eigenvalue weighted by Gasteiger charge is -2.06. The number of nitro groups is 1. The maximum absolute atomic E-state index is 10.6. The molecule has 0 unspecified atom stereocenters. The van der Waals surface area contributed by atoms with E-state index in [1.807, 2.05) is 0 Å². The highest BCUT2D eigenvalue weighted by Gasteiger charge is 2.15. The van der Waals surface area contributed by atoms with Crippen molar-refractivity contribution < 1.29 is 19.6 Å². The van der Waals surface area contributed by atoms with Crippen LogP contribution in [-0.4, -0.2) is 17.5 Å². The van der Waals surface area contributed by atoms with E-state index < -0.39 is 23.2 Å². The molecule has 0 spiro atoms. The van der Waals surface area contributed by atoms with Gasteiger partial charge >= 0.3 is 5.69 Å². The third-order valence-corrected chi connectivity index (χ3v) is 1.63. The van der Waals surface area contributed by atoms with E-state index in [2.05, 4.69) is 4.74 Å². The summed E-state index contributed by atoms with van der Waals surface area (Å²) in [5, 5.41) is 29.2. The maximum Gasteiger partial charge on any atom is 0.312 e. The molecule has 0 aromatic heterocycles. The van der Waals surface area contributed by atoms with Gasteiger partial charge in [0.15, 0.2) is 5.75 Å². The van der Waals surface area contributed by atoms with Gasteiger partial charge in [0.25, 0.3) is 0 Å². The molecule has 7 nitrogen and oxygen atoms in total. The molecule has 0 N–H and O–H groups in total. The smallest absolute Gasteiger partial charge is 0.312 e. The Morgan fingerprint density at radius 1 is 1.56 bits per heavy atom. The van der Waals surface area contributed by atoms with E-state index in [4.69, 9.17) is 5.26 Å². The summed E-state index contributed by atoms with van der Waals surface area (Å²) in [5.41, 5.74) is -0.368. The number of nitrogens with zero attached hydrogens (tertiary/aromatic N) is 2. The predicted molar refractivity (Wildman–Crippen MR) is 48.3 cm³/mol. The van der Waals surface area contributed by atoms with E-state index in [1.54, 1.807) is 6.07 Å². The lowest BCUT2D eigenvalue weighted by Crippen LogP contribution is -2.29. The molecule has 0 saturated heterocycles. The minimum absolute atomic E-state index is 0.0903. The summed E-state index contributed by atoms with van der Waals surface area (Å²) in [6, 6.07) is 5.19. The molecule has 0 heterocycles. The fourth-order valence-corrected chi connectivity index (χ4v) is 0.988. The van der Waals surface area contributed by atoms with Crippen molar-refractivity contribution in [3.05, 3.63) is 33.9 Å². The zero-order valence-electron chi connectivity index (χ0n) is 7.87. The molecule has 1 aromatic carbocycles. The van der Waals surface area contributed by atoms with Crippen LogP contribution < -0.4 is 9.84 Å². The number of carboxylic acids is 1. The quantitative estimate of drug-likeness (QED) is 0.504. The van der Waals surface area contributed by atoms with E-state index in [1.165, 1.54) is 12.1 Å². The van der Waals surface area contributed by atoms with Gasteiger partial charge < -0.3 is 14.6 Å². The summed E-state index contributed by atoms with van der Waals surface area (Å²) < 4.78 is 4.65. The predicted octanol–water partition coefficient (Wildman–Crippen LogP) is -0.405. The summed E-state index contributed by atoms with van der Waals surface area (Å²) in [5.74, 6) is -1.70. The van der Waals surface area contributed by atoms with E-state index in [0.717, 1.165) is 6.07 Å². The van der Waals surface area contributed by atoms with E-state index >= 15 is 0 Å². The second-order valence-electron chi connectivity index (χ2n) is 2.71. The molecule has 7 heteroatoms. The van der Waals surface area contributed by atoms with Gasteiger partial charge in [0.2, 0.25) is 0 Å². The second-order valence-corrected chi connectivity index (χ2v) is 2.71. The van der Waals surface area contributed by atoms with Crippen molar-refractivity contribution in [2.24, 2.45) is 0 Å². The molecule has 0 atom stereocenters. The number of carbonyl (C=O) groups is 1. The molecule has 0 amide bonds. The molecule has 0 aliphatic rings. The van der Waals surface area contributed by atoms with Gasteiger partial charge in [0.05, 0.1) is 22.5 Å². The minimum atomic E-state index is -1.49. The van der Waals surface area contributed by atoms with Crippen LogP contribution in [0.2, 0.25) is 0 Å². The fourth-order valence-electron chi connectivity index (χ4n) is 0.988. The van der Waals surface area contributed by atoms with Crippen molar-refractivity contribution in [1.29, 1.82) is 5.26 Å². The summed E-state index contributed by atoms with van der Waals surface area (Å²) >= 11 is 0. The van der Waals surface area contributed by atoms with Crippen LogP contribution in [0.15, 0.2) is 18.2 Å². The first-order chi connectivity index (χ1) is 7.54. The molecule has 82 valence electrons. The SMILES string of the molecule is N#Cc1ccc(OCC(=O)[O-])c([N+](=O)[O-])c1. The maximum atomic E-state index is 10.6. The molecular formula is C9H5N2O5-. The van der Waals surface area contributed by atoms with Gasteiger partial charge in [-0.15, -0.1) is 0 Å². The Balaban J connectivity index is 3.04. The van der Waals surface area contributed by atoms with Crippen molar-refractivity contribution in [3.63, 3.8) is 0 Å². The summed E-state index contributed by atoms with van der Waals surface area (Å²) in [4.78, 5) is 19.9. The molecule has 16 heavy (non-hydrogen) atoms. The third kappa shape index (κ3) is 2.68. The van der Waals surface area contributed by atoms with Gasteiger partial charge in [0, 0.05) is 6.07 Å². The van der Waals surface area contributed by atoms with Crippen molar-refractivity contribution in [3.8, 4) is 11.8 Å². The number of aliphatic carboxylic acids is 1. The van der Waals surface area contributed by atoms with E-state index in [9.17, 15) is 20.0 Å². The van der Waals surface area contributed by atoms with Crippen molar-refractivity contribution in [2.45, 2.75) is 0 Å². The zero-order chi connectivity index (χ0) is 12.1. The number of benzene rings is 1. The molecule has 0 aliphatic carbocycles. The van der Waals surface area contributed by atoms with Crippen LogP contribution in [0.3, 0.4) is 0 Å². The van der Waals surface area contributed by atoms with E-state index in [-0.39, 0.29) is 11.3 Å². The standard InChI is InChI=1S/C9H6N2O5/c10-4-6-1-2-8(16-5-9(12)13)7(3-6)11(14)15/h1-3H,5H2,(H,12,13)/p-1. The van der Waals surface area contributed by atoms with Crippen LogP contribution in [-0.2, 0) is 4.79 Å². The van der Waals surface area contributed by atoms with Gasteiger partial charge in [-0.1, -0.05) is 0 Å². The average Bonchev–Trinajstić information content (AvgIpc) is 2.25. The highest BCUT2D eigenvalue weighted by molar-refractivity contribution is 5.66. The van der Waals surface area contributed by atoms with Crippen LogP contribution in [0.25, 0.3) is 0 Å². The largest absolute Gasteiger partial charge is 0.546 e. The van der Waals surface area contributed by atoms with Crippen molar-refractivity contribution >= 4 is 11.7 Å². The Morgan fingerprint density at radius 2 is 2.25 bits per heavy atom. The number of carbonyl (C=O) groups excluding carboxylic acids is 1. The highest BCUT2D eigenvalue weighted by atomic mass is 16.6. The normalized spacial score (nSPS) is 9.19. The Kier molecular flexibility index (Phi) is 3.40. The van der Waals surface area contributed by atoms with Crippen LogP contribution in [0.1, 0.15) is 5.56 Å². The van der Waals surface area contributed by atoms with Crippen molar-refractivity contribution in [2.75, 3.05) is 6.61 Å². The fraction of sp³-hybridized carbons (Fsp3) is 0.111. The minimum Gasteiger partial charge on any atom is -0.546 e. The second kappa shape index (κ2) is 4.75. The Labute approximate surface area is 89.6 Å². The first kappa shape index (κ1) is 11.5.